The van der Waals surface area contributed by atoms with Crippen LogP contribution in [0.3, 0.4) is 0 Å². The lowest BCUT2D eigenvalue weighted by Crippen LogP contribution is -2.55. The predicted molar refractivity (Wildman–Crippen MR) is 72.8 cm³/mol. The highest BCUT2D eigenvalue weighted by Gasteiger charge is 2.32. The van der Waals surface area contributed by atoms with E-state index in [-0.39, 0.29) is 18.3 Å². The molecular weight excluding hydrogens is 264 g/mol. The summed E-state index contributed by atoms with van der Waals surface area (Å²) in [6.45, 7) is 4.20. The summed E-state index contributed by atoms with van der Waals surface area (Å²) in [7, 11) is 0. The zero-order valence-electron chi connectivity index (χ0n) is 10.9. The van der Waals surface area contributed by atoms with Gasteiger partial charge < -0.3 is 10.1 Å². The second-order valence-electron chi connectivity index (χ2n) is 4.37. The molecule has 0 aromatic carbocycles. The fourth-order valence-corrected chi connectivity index (χ4v) is 2.88. The molecule has 1 saturated heterocycles. The average Bonchev–Trinajstić information content (AvgIpc) is 2.87. The average molecular weight is 282 g/mol. The Kier molecular flexibility index (Phi) is 4.93. The number of rotatable bonds is 5. The second-order valence-corrected chi connectivity index (χ2v) is 5.40. The SMILES string of the molecule is CCOC(=O)C[C@@H]1C(=O)NCCN1Cc1cccs1. The number of thiophene rings is 1. The lowest BCUT2D eigenvalue weighted by molar-refractivity contribution is -0.148. The van der Waals surface area contributed by atoms with E-state index in [0.29, 0.717) is 19.7 Å². The van der Waals surface area contributed by atoms with Crippen molar-refractivity contribution in [2.75, 3.05) is 19.7 Å². The van der Waals surface area contributed by atoms with Gasteiger partial charge >= 0.3 is 5.97 Å². The van der Waals surface area contributed by atoms with E-state index in [2.05, 4.69) is 5.32 Å². The maximum Gasteiger partial charge on any atom is 0.307 e. The summed E-state index contributed by atoms with van der Waals surface area (Å²) in [5.74, 6) is -0.406. The largest absolute Gasteiger partial charge is 0.466 e. The van der Waals surface area contributed by atoms with Gasteiger partial charge in [-0.05, 0) is 18.4 Å². The Labute approximate surface area is 116 Å². The monoisotopic (exact) mass is 282 g/mol. The van der Waals surface area contributed by atoms with Crippen LogP contribution in [0.2, 0.25) is 0 Å². The highest BCUT2D eigenvalue weighted by molar-refractivity contribution is 7.09. The van der Waals surface area contributed by atoms with Gasteiger partial charge in [-0.2, -0.15) is 0 Å². The van der Waals surface area contributed by atoms with Crippen LogP contribution in [0, 0.1) is 0 Å². The molecule has 0 bridgehead atoms. The Hall–Kier alpha value is -1.40. The van der Waals surface area contributed by atoms with Gasteiger partial charge in [0.1, 0.15) is 6.04 Å². The minimum absolute atomic E-state index is 0.0872. The van der Waals surface area contributed by atoms with Crippen molar-refractivity contribution in [1.29, 1.82) is 0 Å². The van der Waals surface area contributed by atoms with Crippen molar-refractivity contribution in [1.82, 2.24) is 10.2 Å². The van der Waals surface area contributed by atoms with Crippen LogP contribution in [0.25, 0.3) is 0 Å². The minimum atomic E-state index is -0.421. The zero-order chi connectivity index (χ0) is 13.7. The number of nitrogens with zero attached hydrogens (tertiary/aromatic N) is 1. The molecule has 1 fully saturated rings. The third kappa shape index (κ3) is 3.78. The van der Waals surface area contributed by atoms with E-state index in [0.717, 1.165) is 6.54 Å². The number of piperazine rings is 1. The zero-order valence-corrected chi connectivity index (χ0v) is 11.7. The standard InChI is InChI=1S/C13H18N2O3S/c1-2-18-12(16)8-11-13(17)14-5-6-15(11)9-10-4-3-7-19-10/h3-4,7,11H,2,5-6,8-9H2,1H3,(H,14,17)/t11-/m1/s1. The first kappa shape index (κ1) is 14.0. The fraction of sp³-hybridized carbons (Fsp3) is 0.538. The summed E-state index contributed by atoms with van der Waals surface area (Å²) in [5.41, 5.74) is 0. The fourth-order valence-electron chi connectivity index (χ4n) is 2.15. The molecule has 1 aromatic heterocycles. The van der Waals surface area contributed by atoms with Gasteiger partial charge in [0, 0.05) is 24.5 Å². The van der Waals surface area contributed by atoms with Gasteiger partial charge in [-0.3, -0.25) is 14.5 Å². The third-order valence-corrected chi connectivity index (χ3v) is 3.91. The molecule has 1 atom stereocenters. The van der Waals surface area contributed by atoms with Gasteiger partial charge in [-0.1, -0.05) is 6.07 Å². The van der Waals surface area contributed by atoms with Crippen LogP contribution in [0.1, 0.15) is 18.2 Å². The molecule has 0 saturated carbocycles. The maximum atomic E-state index is 11.9. The number of amides is 1. The Balaban J connectivity index is 2.01. The molecule has 0 unspecified atom stereocenters. The first-order valence-corrected chi connectivity index (χ1v) is 7.28. The number of hydrogen-bond donors (Lipinski definition) is 1. The van der Waals surface area contributed by atoms with E-state index in [1.807, 2.05) is 22.4 Å². The summed E-state index contributed by atoms with van der Waals surface area (Å²) < 4.78 is 4.93. The number of carbonyl (C=O) groups is 2. The molecule has 1 aliphatic heterocycles. The summed E-state index contributed by atoms with van der Waals surface area (Å²) >= 11 is 1.66. The van der Waals surface area contributed by atoms with Crippen LogP contribution >= 0.6 is 11.3 Å². The van der Waals surface area contributed by atoms with Gasteiger partial charge in [-0.25, -0.2) is 0 Å². The van der Waals surface area contributed by atoms with E-state index in [1.165, 1.54) is 4.88 Å². The van der Waals surface area contributed by atoms with Crippen molar-refractivity contribution in [2.45, 2.75) is 25.9 Å². The van der Waals surface area contributed by atoms with Gasteiger partial charge in [0.05, 0.1) is 13.0 Å². The highest BCUT2D eigenvalue weighted by atomic mass is 32.1. The molecule has 0 radical (unpaired) electrons. The van der Waals surface area contributed by atoms with Crippen molar-refractivity contribution >= 4 is 23.2 Å². The summed E-state index contributed by atoms with van der Waals surface area (Å²) in [5, 5.41) is 4.82. The number of carbonyl (C=O) groups excluding carboxylic acids is 2. The van der Waals surface area contributed by atoms with E-state index in [4.69, 9.17) is 4.74 Å². The lowest BCUT2D eigenvalue weighted by Gasteiger charge is -2.34. The van der Waals surface area contributed by atoms with E-state index >= 15 is 0 Å². The van der Waals surface area contributed by atoms with Crippen molar-refractivity contribution in [2.24, 2.45) is 0 Å². The molecule has 104 valence electrons. The minimum Gasteiger partial charge on any atom is -0.466 e. The van der Waals surface area contributed by atoms with Gasteiger partial charge in [0.25, 0.3) is 0 Å². The predicted octanol–water partition coefficient (Wildman–Crippen LogP) is 1.00. The van der Waals surface area contributed by atoms with Crippen LogP contribution in [0.4, 0.5) is 0 Å². The molecule has 0 spiro atoms. The molecule has 2 heterocycles. The van der Waals surface area contributed by atoms with Crippen molar-refractivity contribution in [3.63, 3.8) is 0 Å². The quantitative estimate of drug-likeness (QED) is 0.819. The Morgan fingerprint density at radius 3 is 3.16 bits per heavy atom. The van der Waals surface area contributed by atoms with Gasteiger partial charge in [0.2, 0.25) is 5.91 Å². The van der Waals surface area contributed by atoms with E-state index < -0.39 is 6.04 Å². The molecule has 1 N–H and O–H groups in total. The van der Waals surface area contributed by atoms with E-state index in [9.17, 15) is 9.59 Å². The van der Waals surface area contributed by atoms with Crippen molar-refractivity contribution in [3.05, 3.63) is 22.4 Å². The van der Waals surface area contributed by atoms with Gasteiger partial charge in [-0.15, -0.1) is 11.3 Å². The van der Waals surface area contributed by atoms with Crippen LogP contribution < -0.4 is 5.32 Å². The molecule has 1 aliphatic rings. The summed E-state index contributed by atoms with van der Waals surface area (Å²) in [6.07, 6.45) is 0.116. The van der Waals surface area contributed by atoms with Crippen LogP contribution in [0.5, 0.6) is 0 Å². The molecule has 2 rings (SSSR count). The molecule has 1 amide bonds. The molecule has 5 nitrogen and oxygen atoms in total. The Morgan fingerprint density at radius 2 is 2.47 bits per heavy atom. The third-order valence-electron chi connectivity index (χ3n) is 3.05. The smallest absolute Gasteiger partial charge is 0.307 e. The van der Waals surface area contributed by atoms with Crippen LogP contribution in [-0.2, 0) is 20.9 Å². The number of hydrogen-bond acceptors (Lipinski definition) is 5. The second kappa shape index (κ2) is 6.68. The number of ether oxygens (including phenoxy) is 1. The first-order valence-electron chi connectivity index (χ1n) is 6.40. The lowest BCUT2D eigenvalue weighted by atomic mass is 10.1. The van der Waals surface area contributed by atoms with Crippen LogP contribution in [0.15, 0.2) is 17.5 Å². The molecule has 1 aromatic rings. The summed E-state index contributed by atoms with van der Waals surface area (Å²) in [6, 6.07) is 3.61. The molecule has 19 heavy (non-hydrogen) atoms. The molecular formula is C13H18N2O3S. The van der Waals surface area contributed by atoms with Crippen molar-refractivity contribution in [3.8, 4) is 0 Å². The highest BCUT2D eigenvalue weighted by Crippen LogP contribution is 2.17. The molecule has 6 heteroatoms. The van der Waals surface area contributed by atoms with Gasteiger partial charge in [0.15, 0.2) is 0 Å². The first-order chi connectivity index (χ1) is 9.20. The Morgan fingerprint density at radius 1 is 1.63 bits per heavy atom. The number of esters is 1. The number of nitrogens with one attached hydrogen (secondary N) is 1. The van der Waals surface area contributed by atoms with E-state index in [1.54, 1.807) is 18.3 Å². The normalized spacial score (nSPS) is 20.1. The molecule has 0 aliphatic carbocycles. The van der Waals surface area contributed by atoms with Crippen molar-refractivity contribution < 1.29 is 14.3 Å². The van der Waals surface area contributed by atoms with Crippen LogP contribution in [-0.4, -0.2) is 42.5 Å². The maximum absolute atomic E-state index is 11.9. The summed E-state index contributed by atoms with van der Waals surface area (Å²) in [4.78, 5) is 26.7. The Bertz CT molecular complexity index is 433. The topological polar surface area (TPSA) is 58.6 Å².